The van der Waals surface area contributed by atoms with Crippen molar-refractivity contribution >= 4 is 0 Å². The van der Waals surface area contributed by atoms with Gasteiger partial charge in [-0.3, -0.25) is 0 Å². The van der Waals surface area contributed by atoms with Gasteiger partial charge in [-0.1, -0.05) is 0 Å². The summed E-state index contributed by atoms with van der Waals surface area (Å²) in [6.45, 7) is 3.04. The molecule has 5 fully saturated rings. The van der Waals surface area contributed by atoms with Crippen molar-refractivity contribution in [2.75, 3.05) is 26.4 Å². The van der Waals surface area contributed by atoms with Crippen molar-refractivity contribution in [1.82, 2.24) is 0 Å². The summed E-state index contributed by atoms with van der Waals surface area (Å²) >= 11 is 0. The average Bonchev–Trinajstić information content (AvgIpc) is 3.06. The molecule has 3 saturated carbocycles. The molecule has 0 N–H and O–H groups in total. The average molecular weight is 252 g/mol. The molecule has 18 heavy (non-hydrogen) atoms. The number of hydrogen-bond donors (Lipinski definition) is 0. The van der Waals surface area contributed by atoms with Crippen LogP contribution in [-0.4, -0.2) is 38.0 Å². The summed E-state index contributed by atoms with van der Waals surface area (Å²) in [6, 6.07) is 0. The van der Waals surface area contributed by atoms with Gasteiger partial charge in [-0.25, -0.2) is 0 Å². The van der Waals surface area contributed by atoms with E-state index in [9.17, 15) is 0 Å². The molecule has 0 bridgehead atoms. The lowest BCUT2D eigenvalue weighted by Gasteiger charge is -2.53. The lowest BCUT2D eigenvalue weighted by molar-refractivity contribution is -0.289. The first-order valence-corrected chi connectivity index (χ1v) is 7.41. The Morgan fingerprint density at radius 2 is 1.00 bits per heavy atom. The Labute approximate surface area is 107 Å². The Hall–Kier alpha value is -0.160. The molecule has 2 heterocycles. The quantitative estimate of drug-likeness (QED) is 0.655. The van der Waals surface area contributed by atoms with Gasteiger partial charge in [0.1, 0.15) is 0 Å². The molecule has 0 unspecified atom stereocenters. The van der Waals surface area contributed by atoms with E-state index < -0.39 is 0 Å². The maximum Gasteiger partial charge on any atom is 0.172 e. The zero-order valence-corrected chi connectivity index (χ0v) is 10.6. The highest BCUT2D eigenvalue weighted by atomic mass is 16.7. The second-order valence-electron chi connectivity index (χ2n) is 6.47. The molecule has 4 nitrogen and oxygen atoms in total. The van der Waals surface area contributed by atoms with Crippen LogP contribution in [0.25, 0.3) is 0 Å². The van der Waals surface area contributed by atoms with Crippen LogP contribution in [0.1, 0.15) is 25.7 Å². The van der Waals surface area contributed by atoms with Gasteiger partial charge < -0.3 is 18.9 Å². The predicted octanol–water partition coefficient (Wildman–Crippen LogP) is 1.54. The van der Waals surface area contributed by atoms with Gasteiger partial charge in [-0.05, 0) is 24.7 Å². The molecule has 100 valence electrons. The maximum atomic E-state index is 6.01. The summed E-state index contributed by atoms with van der Waals surface area (Å²) in [5, 5.41) is 0. The summed E-state index contributed by atoms with van der Waals surface area (Å²) in [5.74, 6) is 2.06. The number of hydrogen-bond acceptors (Lipinski definition) is 4. The van der Waals surface area contributed by atoms with Crippen LogP contribution in [0.4, 0.5) is 0 Å². The first-order valence-electron chi connectivity index (χ1n) is 7.41. The molecule has 3 aliphatic carbocycles. The molecule has 5 aliphatic rings. The molecule has 0 aromatic heterocycles. The Morgan fingerprint density at radius 1 is 0.611 bits per heavy atom. The monoisotopic (exact) mass is 252 g/mol. The topological polar surface area (TPSA) is 36.9 Å². The van der Waals surface area contributed by atoms with Gasteiger partial charge in [0, 0.05) is 24.7 Å². The molecule has 4 heteroatoms. The second-order valence-corrected chi connectivity index (χ2v) is 6.47. The van der Waals surface area contributed by atoms with Crippen molar-refractivity contribution in [3.8, 4) is 0 Å². The highest BCUT2D eigenvalue weighted by Crippen LogP contribution is 2.70. The van der Waals surface area contributed by atoms with Gasteiger partial charge >= 0.3 is 0 Å². The first kappa shape index (κ1) is 10.6. The van der Waals surface area contributed by atoms with Crippen molar-refractivity contribution in [2.24, 2.45) is 23.7 Å². The first-order chi connectivity index (χ1) is 8.85. The third-order valence-electron chi connectivity index (χ3n) is 6.08. The van der Waals surface area contributed by atoms with E-state index in [2.05, 4.69) is 0 Å². The Balaban J connectivity index is 1.51. The summed E-state index contributed by atoms with van der Waals surface area (Å²) in [4.78, 5) is 0. The highest BCUT2D eigenvalue weighted by molar-refractivity contribution is 5.16. The fourth-order valence-electron chi connectivity index (χ4n) is 5.59. The Bertz CT molecular complexity index is 334. The fourth-order valence-corrected chi connectivity index (χ4v) is 5.59. The normalized spacial score (nSPS) is 50.7. The van der Waals surface area contributed by atoms with E-state index in [0.717, 1.165) is 51.1 Å². The molecular weight excluding hydrogens is 232 g/mol. The second kappa shape index (κ2) is 3.29. The van der Waals surface area contributed by atoms with Gasteiger partial charge in [0.05, 0.1) is 26.4 Å². The molecule has 5 rings (SSSR count). The zero-order valence-electron chi connectivity index (χ0n) is 10.6. The predicted molar refractivity (Wildman–Crippen MR) is 61.7 cm³/mol. The standard InChI is InChI=1S/C14H20O4/c1-3-13(15-5-6-16-13)11-9(1)10-2-4-14(12(10)11)17-7-8-18-14/h9-12H,1-8H2/t9-,10-,11-,12+/m1/s1. The van der Waals surface area contributed by atoms with Crippen molar-refractivity contribution < 1.29 is 18.9 Å². The number of ether oxygens (including phenoxy) is 4. The zero-order chi connectivity index (χ0) is 11.8. The smallest absolute Gasteiger partial charge is 0.172 e. The summed E-state index contributed by atoms with van der Waals surface area (Å²) in [7, 11) is 0. The summed E-state index contributed by atoms with van der Waals surface area (Å²) < 4.78 is 24.1. The van der Waals surface area contributed by atoms with Gasteiger partial charge in [0.25, 0.3) is 0 Å². The molecular formula is C14H20O4. The minimum atomic E-state index is -0.279. The van der Waals surface area contributed by atoms with Crippen molar-refractivity contribution in [3.05, 3.63) is 0 Å². The molecule has 2 saturated heterocycles. The Kier molecular flexibility index (Phi) is 1.94. The lowest BCUT2D eigenvalue weighted by Crippen LogP contribution is -2.58. The largest absolute Gasteiger partial charge is 0.347 e. The SMILES string of the molecule is C1COC2(CC[C@@H]3[C@H]4CCC5(OCCO5)[C@@H]4[C@@H]32)O1. The van der Waals surface area contributed by atoms with Crippen molar-refractivity contribution in [1.29, 1.82) is 0 Å². The molecule has 2 aliphatic heterocycles. The molecule has 4 atom stereocenters. The maximum absolute atomic E-state index is 6.01. The van der Waals surface area contributed by atoms with Crippen molar-refractivity contribution in [2.45, 2.75) is 37.3 Å². The third-order valence-corrected chi connectivity index (χ3v) is 6.08. The van der Waals surface area contributed by atoms with Crippen LogP contribution in [0, 0.1) is 23.7 Å². The minimum Gasteiger partial charge on any atom is -0.347 e. The van der Waals surface area contributed by atoms with Crippen LogP contribution >= 0.6 is 0 Å². The van der Waals surface area contributed by atoms with Crippen LogP contribution in [0.2, 0.25) is 0 Å². The van der Waals surface area contributed by atoms with E-state index in [-0.39, 0.29) is 11.6 Å². The minimum absolute atomic E-state index is 0.279. The molecule has 0 amide bonds. The number of fused-ring (bicyclic) bond motifs is 6. The van der Waals surface area contributed by atoms with Crippen LogP contribution in [0.3, 0.4) is 0 Å². The molecule has 0 aromatic carbocycles. The fraction of sp³-hybridized carbons (Fsp3) is 1.00. The van der Waals surface area contributed by atoms with E-state index >= 15 is 0 Å². The van der Waals surface area contributed by atoms with Gasteiger partial charge in [0.2, 0.25) is 0 Å². The number of rotatable bonds is 0. The molecule has 2 spiro atoms. The van der Waals surface area contributed by atoms with Crippen LogP contribution < -0.4 is 0 Å². The highest BCUT2D eigenvalue weighted by Gasteiger charge is 2.74. The molecule has 0 radical (unpaired) electrons. The third kappa shape index (κ3) is 1.04. The van der Waals surface area contributed by atoms with Crippen molar-refractivity contribution in [3.63, 3.8) is 0 Å². The van der Waals surface area contributed by atoms with Gasteiger partial charge in [0.15, 0.2) is 11.6 Å². The summed E-state index contributed by atoms with van der Waals surface area (Å²) in [6.07, 6.45) is 4.68. The van der Waals surface area contributed by atoms with Gasteiger partial charge in [-0.15, -0.1) is 0 Å². The Morgan fingerprint density at radius 3 is 1.39 bits per heavy atom. The van der Waals surface area contributed by atoms with E-state index in [1.54, 1.807) is 0 Å². The van der Waals surface area contributed by atoms with Crippen LogP contribution in [0.15, 0.2) is 0 Å². The van der Waals surface area contributed by atoms with E-state index in [1.807, 2.05) is 0 Å². The van der Waals surface area contributed by atoms with Crippen LogP contribution in [-0.2, 0) is 18.9 Å². The van der Waals surface area contributed by atoms with Gasteiger partial charge in [-0.2, -0.15) is 0 Å². The van der Waals surface area contributed by atoms with E-state index in [4.69, 9.17) is 18.9 Å². The lowest BCUT2D eigenvalue weighted by atomic mass is 9.57. The van der Waals surface area contributed by atoms with E-state index in [0.29, 0.717) is 11.8 Å². The van der Waals surface area contributed by atoms with Crippen LogP contribution in [0.5, 0.6) is 0 Å². The van der Waals surface area contributed by atoms with E-state index in [1.165, 1.54) is 12.8 Å². The molecule has 0 aromatic rings. The summed E-state index contributed by atoms with van der Waals surface area (Å²) in [5.41, 5.74) is 0.